The summed E-state index contributed by atoms with van der Waals surface area (Å²) >= 11 is 0.873. The topological polar surface area (TPSA) is 82.1 Å². The number of carbonyl (C=O) groups excluding carboxylic acids is 3. The predicted octanol–water partition coefficient (Wildman–Crippen LogP) is 3.53. The molecule has 0 saturated carbocycles. The minimum atomic E-state index is -0.548. The highest BCUT2D eigenvalue weighted by Crippen LogP contribution is 2.37. The summed E-state index contributed by atoms with van der Waals surface area (Å²) in [5.74, 6) is -0.215. The van der Waals surface area contributed by atoms with Crippen molar-refractivity contribution in [1.82, 2.24) is 4.90 Å². The van der Waals surface area contributed by atoms with Gasteiger partial charge < -0.3 is 14.2 Å². The van der Waals surface area contributed by atoms with Crippen molar-refractivity contribution in [2.75, 3.05) is 27.4 Å². The second kappa shape index (κ2) is 9.98. The Balaban J connectivity index is 1.80. The van der Waals surface area contributed by atoms with Gasteiger partial charge in [-0.25, -0.2) is 4.79 Å². The van der Waals surface area contributed by atoms with Crippen molar-refractivity contribution in [2.45, 2.75) is 6.42 Å². The number of carbonyl (C=O) groups is 3. The van der Waals surface area contributed by atoms with Crippen molar-refractivity contribution in [2.24, 2.45) is 0 Å². The van der Waals surface area contributed by atoms with Crippen LogP contribution in [0.3, 0.4) is 0 Å². The lowest BCUT2D eigenvalue weighted by molar-refractivity contribution is -0.143. The van der Waals surface area contributed by atoms with Crippen molar-refractivity contribution in [3.05, 3.63) is 64.6 Å². The molecule has 7 nitrogen and oxygen atoms in total. The number of amides is 2. The Labute approximate surface area is 178 Å². The van der Waals surface area contributed by atoms with E-state index in [0.717, 1.165) is 17.3 Å². The summed E-state index contributed by atoms with van der Waals surface area (Å²) in [6, 6.07) is 14.8. The Morgan fingerprint density at radius 3 is 2.53 bits per heavy atom. The van der Waals surface area contributed by atoms with Crippen LogP contribution in [0, 0.1) is 0 Å². The second-order valence-corrected chi connectivity index (χ2v) is 7.31. The van der Waals surface area contributed by atoms with Crippen molar-refractivity contribution in [3.63, 3.8) is 0 Å². The van der Waals surface area contributed by atoms with Gasteiger partial charge in [0, 0.05) is 12.1 Å². The summed E-state index contributed by atoms with van der Waals surface area (Å²) in [5, 5.41) is -0.317. The van der Waals surface area contributed by atoms with Crippen LogP contribution < -0.4 is 9.47 Å². The number of methoxy groups -OCH3 is 2. The van der Waals surface area contributed by atoms with Crippen LogP contribution >= 0.6 is 11.8 Å². The number of thioether (sulfide) groups is 1. The van der Waals surface area contributed by atoms with Crippen LogP contribution in [0.5, 0.6) is 11.5 Å². The van der Waals surface area contributed by atoms with E-state index in [1.165, 1.54) is 19.1 Å². The zero-order valence-electron chi connectivity index (χ0n) is 16.6. The van der Waals surface area contributed by atoms with Gasteiger partial charge in [-0.2, -0.15) is 0 Å². The maximum Gasteiger partial charge on any atom is 0.343 e. The van der Waals surface area contributed by atoms with Gasteiger partial charge in [0.05, 0.1) is 19.1 Å². The lowest BCUT2D eigenvalue weighted by atomic mass is 10.1. The van der Waals surface area contributed by atoms with Crippen LogP contribution in [-0.2, 0) is 20.7 Å². The van der Waals surface area contributed by atoms with E-state index in [4.69, 9.17) is 9.47 Å². The van der Waals surface area contributed by atoms with Gasteiger partial charge in [0.25, 0.3) is 11.1 Å². The average molecular weight is 427 g/mol. The first kappa shape index (κ1) is 21.4. The minimum Gasteiger partial charge on any atom is -0.493 e. The summed E-state index contributed by atoms with van der Waals surface area (Å²) in [4.78, 5) is 38.1. The maximum atomic E-state index is 12.8. The van der Waals surface area contributed by atoms with E-state index in [9.17, 15) is 14.4 Å². The van der Waals surface area contributed by atoms with Crippen LogP contribution in [0.15, 0.2) is 53.4 Å². The molecule has 1 aliphatic rings. The van der Waals surface area contributed by atoms with E-state index < -0.39 is 5.97 Å². The van der Waals surface area contributed by atoms with Gasteiger partial charge in [-0.3, -0.25) is 14.5 Å². The molecule has 0 radical (unpaired) electrons. The first-order valence-electron chi connectivity index (χ1n) is 9.19. The third kappa shape index (κ3) is 5.01. The fraction of sp³-hybridized carbons (Fsp3) is 0.227. The summed E-state index contributed by atoms with van der Waals surface area (Å²) in [6.07, 6.45) is 2.15. The molecule has 1 heterocycles. The quantitative estimate of drug-likeness (QED) is 0.471. The molecule has 1 aliphatic heterocycles. The fourth-order valence-electron chi connectivity index (χ4n) is 2.87. The summed E-state index contributed by atoms with van der Waals surface area (Å²) in [7, 11) is 2.74. The van der Waals surface area contributed by atoms with Gasteiger partial charge in [0.15, 0.2) is 18.1 Å². The Morgan fingerprint density at radius 1 is 1.07 bits per heavy atom. The Hall–Kier alpha value is -3.26. The molecule has 0 N–H and O–H groups in total. The van der Waals surface area contributed by atoms with Gasteiger partial charge >= 0.3 is 5.97 Å². The number of hydrogen-bond donors (Lipinski definition) is 0. The van der Waals surface area contributed by atoms with Gasteiger partial charge in [0.2, 0.25) is 0 Å². The number of para-hydroxylation sites is 1. The van der Waals surface area contributed by atoms with Crippen LogP contribution in [0.25, 0.3) is 6.08 Å². The normalized spacial score (nSPS) is 14.9. The number of nitrogens with zero attached hydrogens (tertiary/aromatic N) is 1. The van der Waals surface area contributed by atoms with E-state index in [1.54, 1.807) is 24.3 Å². The van der Waals surface area contributed by atoms with Crippen molar-refractivity contribution >= 4 is 35.0 Å². The zero-order valence-corrected chi connectivity index (χ0v) is 17.4. The molecular weight excluding hydrogens is 406 g/mol. The zero-order chi connectivity index (χ0) is 21.5. The number of esters is 1. The molecule has 2 aromatic carbocycles. The molecule has 1 saturated heterocycles. The van der Waals surface area contributed by atoms with Crippen LogP contribution in [0.4, 0.5) is 4.79 Å². The van der Waals surface area contributed by atoms with Gasteiger partial charge in [-0.1, -0.05) is 42.5 Å². The third-order valence-electron chi connectivity index (χ3n) is 4.42. The number of imide groups is 1. The molecule has 3 rings (SSSR count). The Kier molecular flexibility index (Phi) is 7.13. The molecule has 1 fully saturated rings. The third-order valence-corrected chi connectivity index (χ3v) is 5.33. The molecule has 0 unspecified atom stereocenters. The van der Waals surface area contributed by atoms with Crippen molar-refractivity contribution in [3.8, 4) is 11.5 Å². The van der Waals surface area contributed by atoms with Crippen molar-refractivity contribution in [1.29, 1.82) is 0 Å². The molecule has 2 amide bonds. The SMILES string of the molecule is COC(=O)COc1c(/C=C2/SC(=O)N(CCc3ccccc3)C2=O)cccc1OC. The average Bonchev–Trinajstić information content (AvgIpc) is 3.03. The summed E-state index contributed by atoms with van der Waals surface area (Å²) in [5.41, 5.74) is 1.57. The predicted molar refractivity (Wildman–Crippen MR) is 113 cm³/mol. The molecule has 0 bridgehead atoms. The minimum absolute atomic E-state index is 0.282. The molecule has 156 valence electrons. The van der Waals surface area contributed by atoms with Crippen molar-refractivity contribution < 1.29 is 28.6 Å². The van der Waals surface area contributed by atoms with E-state index >= 15 is 0 Å². The number of hydrogen-bond acceptors (Lipinski definition) is 7. The maximum absolute atomic E-state index is 12.8. The fourth-order valence-corrected chi connectivity index (χ4v) is 3.73. The number of ether oxygens (including phenoxy) is 3. The van der Waals surface area contributed by atoms with E-state index in [0.29, 0.717) is 30.0 Å². The highest BCUT2D eigenvalue weighted by atomic mass is 32.2. The smallest absolute Gasteiger partial charge is 0.343 e. The standard InChI is InChI=1S/C22H21NO6S/c1-27-17-10-6-9-16(20(17)29-14-19(24)28-2)13-18-21(25)23(22(26)30-18)12-11-15-7-4-3-5-8-15/h3-10,13H,11-12,14H2,1-2H3/b18-13+. The van der Waals surface area contributed by atoms with E-state index in [-0.39, 0.29) is 22.7 Å². The van der Waals surface area contributed by atoms with E-state index in [2.05, 4.69) is 4.74 Å². The Morgan fingerprint density at radius 2 is 1.83 bits per heavy atom. The highest BCUT2D eigenvalue weighted by molar-refractivity contribution is 8.18. The lowest BCUT2D eigenvalue weighted by Gasteiger charge is -2.13. The largest absolute Gasteiger partial charge is 0.493 e. The number of rotatable bonds is 8. The van der Waals surface area contributed by atoms with Crippen LogP contribution in [0.1, 0.15) is 11.1 Å². The van der Waals surface area contributed by atoms with E-state index in [1.807, 2.05) is 30.3 Å². The molecule has 30 heavy (non-hydrogen) atoms. The van der Waals surface area contributed by atoms with Crippen LogP contribution in [-0.4, -0.2) is 49.4 Å². The molecule has 0 atom stereocenters. The molecular formula is C22H21NO6S. The van der Waals surface area contributed by atoms with Crippen LogP contribution in [0.2, 0.25) is 0 Å². The molecule has 0 spiro atoms. The first-order chi connectivity index (χ1) is 14.5. The first-order valence-corrected chi connectivity index (χ1v) is 10.0. The molecule has 2 aromatic rings. The summed E-state index contributed by atoms with van der Waals surface area (Å²) < 4.78 is 15.4. The number of benzene rings is 2. The molecule has 0 aromatic heterocycles. The van der Waals surface area contributed by atoms with Gasteiger partial charge in [0.1, 0.15) is 0 Å². The molecule has 0 aliphatic carbocycles. The summed E-state index contributed by atoms with van der Waals surface area (Å²) in [6.45, 7) is -0.00784. The lowest BCUT2D eigenvalue weighted by Crippen LogP contribution is -2.30. The van der Waals surface area contributed by atoms with Gasteiger partial charge in [-0.15, -0.1) is 0 Å². The Bertz CT molecular complexity index is 973. The molecule has 8 heteroatoms. The highest BCUT2D eigenvalue weighted by Gasteiger charge is 2.35. The second-order valence-electron chi connectivity index (χ2n) is 6.31. The monoisotopic (exact) mass is 427 g/mol. The van der Waals surface area contributed by atoms with Gasteiger partial charge in [-0.05, 0) is 35.9 Å².